The quantitative estimate of drug-likeness (QED) is 0.272. The number of imidazole rings is 1. The zero-order valence-electron chi connectivity index (χ0n) is 17.9. The molecule has 3 heterocycles. The summed E-state index contributed by atoms with van der Waals surface area (Å²) in [7, 11) is 0. The number of hydrogen-bond acceptors (Lipinski definition) is 9. The number of aromatic nitrogens is 4. The average Bonchev–Trinajstić information content (AvgIpc) is 3.53. The lowest BCUT2D eigenvalue weighted by Crippen LogP contribution is -2.33. The summed E-state index contributed by atoms with van der Waals surface area (Å²) in [6, 6.07) is 8.51. The van der Waals surface area contributed by atoms with Crippen LogP contribution in [0.15, 0.2) is 30.6 Å². The van der Waals surface area contributed by atoms with Gasteiger partial charge in [-0.2, -0.15) is 9.97 Å². The second kappa shape index (κ2) is 9.66. The van der Waals surface area contributed by atoms with Crippen molar-refractivity contribution in [1.82, 2.24) is 19.5 Å². The lowest BCUT2D eigenvalue weighted by molar-refractivity contribution is -0.0511. The normalized spacial score (nSPS) is 25.7. The molecule has 11 heteroatoms. The highest BCUT2D eigenvalue weighted by atomic mass is 127. The van der Waals surface area contributed by atoms with Crippen molar-refractivity contribution in [2.75, 3.05) is 17.2 Å². The molecule has 1 saturated carbocycles. The minimum Gasteiger partial charge on any atom is -0.394 e. The molecular formula is C22H27IN6O4. The maximum atomic E-state index is 10.5. The third kappa shape index (κ3) is 4.64. The van der Waals surface area contributed by atoms with Crippen LogP contribution >= 0.6 is 22.6 Å². The molecule has 0 radical (unpaired) electrons. The number of aliphatic hydroxyl groups is 3. The van der Waals surface area contributed by atoms with Crippen LogP contribution in [-0.4, -0.2) is 65.8 Å². The second-order valence-electron chi connectivity index (χ2n) is 8.56. The largest absolute Gasteiger partial charge is 0.394 e. The van der Waals surface area contributed by atoms with Gasteiger partial charge in [-0.05, 0) is 53.1 Å². The molecule has 2 fully saturated rings. The van der Waals surface area contributed by atoms with E-state index in [0.29, 0.717) is 35.5 Å². The first kappa shape index (κ1) is 22.7. The zero-order chi connectivity index (χ0) is 22.9. The van der Waals surface area contributed by atoms with E-state index in [9.17, 15) is 15.3 Å². The molecular weight excluding hydrogens is 539 g/mol. The molecule has 5 N–H and O–H groups in total. The van der Waals surface area contributed by atoms with Gasteiger partial charge < -0.3 is 30.7 Å². The number of ether oxygens (including phenoxy) is 1. The number of nitrogens with zero attached hydrogens (tertiary/aromatic N) is 4. The Bertz CT molecular complexity index is 1120. The summed E-state index contributed by atoms with van der Waals surface area (Å²) in [6.07, 6.45) is 1.81. The summed E-state index contributed by atoms with van der Waals surface area (Å²) in [5.41, 5.74) is 2.13. The third-order valence-electron chi connectivity index (χ3n) is 6.25. The number of aliphatic hydroxyl groups excluding tert-OH is 3. The Morgan fingerprint density at radius 2 is 1.97 bits per heavy atom. The van der Waals surface area contributed by atoms with E-state index in [2.05, 4.69) is 49.3 Å². The van der Waals surface area contributed by atoms with E-state index in [1.165, 1.54) is 19.2 Å². The number of fused-ring (bicyclic) bond motifs is 1. The zero-order valence-corrected chi connectivity index (χ0v) is 20.1. The van der Waals surface area contributed by atoms with E-state index in [4.69, 9.17) is 9.72 Å². The van der Waals surface area contributed by atoms with Crippen molar-refractivity contribution in [2.24, 2.45) is 0 Å². The average molecular weight is 566 g/mol. The summed E-state index contributed by atoms with van der Waals surface area (Å²) in [5, 5.41) is 37.0. The molecule has 0 bridgehead atoms. The molecule has 2 aliphatic rings. The summed E-state index contributed by atoms with van der Waals surface area (Å²) in [5.74, 6) is 1.05. The van der Waals surface area contributed by atoms with Crippen LogP contribution in [0.25, 0.3) is 11.2 Å². The van der Waals surface area contributed by atoms with Gasteiger partial charge in [0.15, 0.2) is 23.2 Å². The molecule has 4 atom stereocenters. The van der Waals surface area contributed by atoms with Gasteiger partial charge in [0.05, 0.1) is 12.9 Å². The minimum absolute atomic E-state index is 0.316. The third-order valence-corrected chi connectivity index (χ3v) is 6.92. The lowest BCUT2D eigenvalue weighted by Gasteiger charge is -2.18. The van der Waals surface area contributed by atoms with Gasteiger partial charge in [-0.15, -0.1) is 0 Å². The highest BCUT2D eigenvalue weighted by Crippen LogP contribution is 2.33. The highest BCUT2D eigenvalue weighted by Gasteiger charge is 2.44. The monoisotopic (exact) mass is 566 g/mol. The predicted molar refractivity (Wildman–Crippen MR) is 131 cm³/mol. The van der Waals surface area contributed by atoms with E-state index in [-0.39, 0.29) is 0 Å². The highest BCUT2D eigenvalue weighted by molar-refractivity contribution is 14.1. The van der Waals surface area contributed by atoms with Crippen LogP contribution in [-0.2, 0) is 11.3 Å². The Morgan fingerprint density at radius 1 is 1.15 bits per heavy atom. The van der Waals surface area contributed by atoms with Gasteiger partial charge in [-0.3, -0.25) is 4.57 Å². The van der Waals surface area contributed by atoms with Gasteiger partial charge >= 0.3 is 0 Å². The van der Waals surface area contributed by atoms with Crippen molar-refractivity contribution in [2.45, 2.75) is 62.8 Å². The number of benzene rings is 1. The maximum absolute atomic E-state index is 10.5. The fourth-order valence-electron chi connectivity index (χ4n) is 4.49. The SMILES string of the molecule is OC[C@H]1O[C@@H](n2cnc3c(NCc4cccc(I)c4)nc(NC4CCCC4)nc32)[C@H](O)[C@@H]1O. The molecule has 0 spiro atoms. The van der Waals surface area contributed by atoms with Crippen molar-refractivity contribution in [3.05, 3.63) is 39.7 Å². The smallest absolute Gasteiger partial charge is 0.227 e. The second-order valence-corrected chi connectivity index (χ2v) is 9.80. The van der Waals surface area contributed by atoms with E-state index >= 15 is 0 Å². The first-order valence-corrected chi connectivity index (χ1v) is 12.2. The summed E-state index contributed by atoms with van der Waals surface area (Å²) >= 11 is 2.28. The van der Waals surface area contributed by atoms with Crippen molar-refractivity contribution in [3.8, 4) is 0 Å². The summed E-state index contributed by atoms with van der Waals surface area (Å²) in [4.78, 5) is 13.9. The van der Waals surface area contributed by atoms with Crippen LogP contribution < -0.4 is 10.6 Å². The van der Waals surface area contributed by atoms with E-state index in [1.54, 1.807) is 4.57 Å². The molecule has 3 aromatic rings. The Labute approximate surface area is 204 Å². The Morgan fingerprint density at radius 3 is 2.70 bits per heavy atom. The number of rotatable bonds is 7. The van der Waals surface area contributed by atoms with Crippen molar-refractivity contribution >= 4 is 45.5 Å². The molecule has 1 aliphatic heterocycles. The Hall–Kier alpha value is -2.06. The van der Waals surface area contributed by atoms with E-state index < -0.39 is 31.1 Å². The number of halogens is 1. The fourth-order valence-corrected chi connectivity index (χ4v) is 5.09. The molecule has 5 rings (SSSR count). The van der Waals surface area contributed by atoms with Crippen molar-refractivity contribution in [1.29, 1.82) is 0 Å². The van der Waals surface area contributed by atoms with Gasteiger partial charge in [0.1, 0.15) is 18.3 Å². The van der Waals surface area contributed by atoms with Gasteiger partial charge in [-0.1, -0.05) is 25.0 Å². The van der Waals surface area contributed by atoms with Gasteiger partial charge in [0.2, 0.25) is 5.95 Å². The molecule has 33 heavy (non-hydrogen) atoms. The molecule has 176 valence electrons. The Kier molecular flexibility index (Phi) is 6.65. The van der Waals surface area contributed by atoms with Crippen LogP contribution in [0.2, 0.25) is 0 Å². The Balaban J connectivity index is 1.50. The maximum Gasteiger partial charge on any atom is 0.227 e. The molecule has 1 aliphatic carbocycles. The minimum atomic E-state index is -1.22. The molecule has 10 nitrogen and oxygen atoms in total. The van der Waals surface area contributed by atoms with Crippen LogP contribution in [0.1, 0.15) is 37.5 Å². The van der Waals surface area contributed by atoms with Crippen molar-refractivity contribution < 1.29 is 20.1 Å². The molecule has 0 amide bonds. The van der Waals surface area contributed by atoms with Crippen LogP contribution in [0.4, 0.5) is 11.8 Å². The van der Waals surface area contributed by atoms with Crippen molar-refractivity contribution in [3.63, 3.8) is 0 Å². The van der Waals surface area contributed by atoms with Crippen LogP contribution in [0, 0.1) is 3.57 Å². The molecule has 0 unspecified atom stereocenters. The van der Waals surface area contributed by atoms with E-state index in [0.717, 1.165) is 22.0 Å². The summed E-state index contributed by atoms with van der Waals surface area (Å²) < 4.78 is 8.46. The number of nitrogens with one attached hydrogen (secondary N) is 2. The van der Waals surface area contributed by atoms with Gasteiger partial charge in [0, 0.05) is 16.2 Å². The van der Waals surface area contributed by atoms with Crippen LogP contribution in [0.3, 0.4) is 0 Å². The first-order chi connectivity index (χ1) is 16.0. The number of anilines is 2. The summed E-state index contributed by atoms with van der Waals surface area (Å²) in [6.45, 7) is 0.167. The number of hydrogen-bond donors (Lipinski definition) is 5. The van der Waals surface area contributed by atoms with Gasteiger partial charge in [0.25, 0.3) is 0 Å². The van der Waals surface area contributed by atoms with E-state index in [1.807, 2.05) is 18.2 Å². The topological polar surface area (TPSA) is 138 Å². The first-order valence-electron chi connectivity index (χ1n) is 11.2. The van der Waals surface area contributed by atoms with Gasteiger partial charge in [-0.25, -0.2) is 4.98 Å². The predicted octanol–water partition coefficient (Wildman–Crippen LogP) is 2.01. The molecule has 1 saturated heterocycles. The standard InChI is InChI=1S/C22H27IN6O4/c23-13-5-3-4-12(8-13)9-24-19-16-20(28-22(27-19)26-14-6-1-2-7-14)29(11-25-16)21-18(32)17(31)15(10-30)33-21/h3-5,8,11,14-15,17-18,21,30-32H,1-2,6-7,9-10H2,(H2,24,26,27,28)/t15-,17-,18-,21-/m1/s1. The molecule has 2 aromatic heterocycles. The molecule has 1 aromatic carbocycles. The van der Waals surface area contributed by atoms with Crippen LogP contribution in [0.5, 0.6) is 0 Å². The lowest BCUT2D eigenvalue weighted by atomic mass is 10.1. The fraction of sp³-hybridized carbons (Fsp3) is 0.500.